The largest absolute Gasteiger partial charge is 0.497 e. The van der Waals surface area contributed by atoms with Gasteiger partial charge in [-0.25, -0.2) is 4.90 Å². The van der Waals surface area contributed by atoms with Gasteiger partial charge < -0.3 is 15.0 Å². The van der Waals surface area contributed by atoms with E-state index in [1.54, 1.807) is 36.3 Å². The molecule has 1 atom stereocenters. The van der Waals surface area contributed by atoms with Crippen LogP contribution in [0.1, 0.15) is 12.0 Å². The maximum absolute atomic E-state index is 13.4. The smallest absolute Gasteiger partial charge is 0.257 e. The predicted molar refractivity (Wildman–Crippen MR) is 134 cm³/mol. The lowest BCUT2D eigenvalue weighted by molar-refractivity contribution is -0.122. The van der Waals surface area contributed by atoms with Crippen LogP contribution in [0.3, 0.4) is 0 Å². The number of anilines is 2. The number of hydrogen-bond donors (Lipinski definition) is 1. The van der Waals surface area contributed by atoms with Gasteiger partial charge in [0.05, 0.1) is 19.2 Å². The molecule has 168 valence electrons. The summed E-state index contributed by atoms with van der Waals surface area (Å²) in [6.07, 6.45) is 0.0220. The molecule has 8 heteroatoms. The Hall–Kier alpha value is -3.42. The second-order valence-corrected chi connectivity index (χ2v) is 8.36. The molecule has 3 aromatic carbocycles. The zero-order chi connectivity index (χ0) is 23.4. The first-order valence-electron chi connectivity index (χ1n) is 10.3. The molecule has 0 radical (unpaired) electrons. The van der Waals surface area contributed by atoms with E-state index in [0.29, 0.717) is 22.4 Å². The van der Waals surface area contributed by atoms with Gasteiger partial charge in [0.1, 0.15) is 11.8 Å². The number of benzene rings is 3. The summed E-state index contributed by atoms with van der Waals surface area (Å²) in [5, 5.41) is 4.09. The quantitative estimate of drug-likeness (QED) is 0.401. The molecule has 4 rings (SSSR count). The third-order valence-corrected chi connectivity index (χ3v) is 5.97. The first-order chi connectivity index (χ1) is 16.0. The van der Waals surface area contributed by atoms with Crippen molar-refractivity contribution in [2.45, 2.75) is 19.0 Å². The van der Waals surface area contributed by atoms with E-state index in [2.05, 4.69) is 5.32 Å². The Morgan fingerprint density at radius 3 is 2.36 bits per heavy atom. The van der Waals surface area contributed by atoms with E-state index in [1.807, 2.05) is 54.6 Å². The van der Waals surface area contributed by atoms with Crippen LogP contribution < -0.4 is 15.0 Å². The molecule has 2 amide bonds. The van der Waals surface area contributed by atoms with Crippen LogP contribution in [0, 0.1) is 0 Å². The van der Waals surface area contributed by atoms with Gasteiger partial charge in [0.15, 0.2) is 5.11 Å². The fourth-order valence-electron chi connectivity index (χ4n) is 3.69. The van der Waals surface area contributed by atoms with Gasteiger partial charge in [-0.05, 0) is 66.3 Å². The number of rotatable bonds is 6. The van der Waals surface area contributed by atoms with Crippen LogP contribution >= 0.6 is 23.8 Å². The van der Waals surface area contributed by atoms with Crippen molar-refractivity contribution in [3.05, 3.63) is 89.4 Å². The van der Waals surface area contributed by atoms with Crippen molar-refractivity contribution in [2.24, 2.45) is 0 Å². The number of imide groups is 1. The molecular weight excluding hydrogens is 458 g/mol. The van der Waals surface area contributed by atoms with E-state index in [4.69, 9.17) is 28.6 Å². The lowest BCUT2D eigenvalue weighted by atomic mass is 10.1. The minimum absolute atomic E-state index is 0.0220. The highest BCUT2D eigenvalue weighted by Crippen LogP contribution is 2.28. The summed E-state index contributed by atoms with van der Waals surface area (Å²) in [4.78, 5) is 29.2. The van der Waals surface area contributed by atoms with Crippen LogP contribution in [0.2, 0.25) is 5.02 Å². The monoisotopic (exact) mass is 479 g/mol. The highest BCUT2D eigenvalue weighted by Gasteiger charge is 2.43. The van der Waals surface area contributed by atoms with Crippen molar-refractivity contribution in [3.8, 4) is 5.75 Å². The molecule has 0 unspecified atom stereocenters. The summed E-state index contributed by atoms with van der Waals surface area (Å²) in [6.45, 7) is 0.348. The number of amides is 2. The normalized spacial score (nSPS) is 15.5. The van der Waals surface area contributed by atoms with E-state index >= 15 is 0 Å². The fourth-order valence-corrected chi connectivity index (χ4v) is 4.12. The lowest BCUT2D eigenvalue weighted by Gasteiger charge is -2.30. The molecule has 0 aromatic heterocycles. The van der Waals surface area contributed by atoms with Crippen molar-refractivity contribution >= 4 is 52.1 Å². The van der Waals surface area contributed by atoms with Crippen molar-refractivity contribution in [1.82, 2.24) is 4.90 Å². The highest BCUT2D eigenvalue weighted by molar-refractivity contribution is 7.80. The molecule has 0 aliphatic carbocycles. The zero-order valence-electron chi connectivity index (χ0n) is 17.9. The number of carbonyl (C=O) groups excluding carboxylic acids is 2. The molecule has 1 aliphatic rings. The fraction of sp³-hybridized carbons (Fsp3) is 0.160. The average molecular weight is 480 g/mol. The molecule has 33 heavy (non-hydrogen) atoms. The third-order valence-electron chi connectivity index (χ3n) is 5.38. The maximum Gasteiger partial charge on any atom is 0.257 e. The number of hydrogen-bond acceptors (Lipinski definition) is 4. The third kappa shape index (κ3) is 5.16. The van der Waals surface area contributed by atoms with Crippen LogP contribution in [0.25, 0.3) is 0 Å². The van der Waals surface area contributed by atoms with E-state index < -0.39 is 6.04 Å². The first kappa shape index (κ1) is 22.8. The molecule has 1 fully saturated rings. The van der Waals surface area contributed by atoms with Gasteiger partial charge in [-0.3, -0.25) is 9.59 Å². The predicted octanol–water partition coefficient (Wildman–Crippen LogP) is 4.88. The Morgan fingerprint density at radius 2 is 1.73 bits per heavy atom. The topological polar surface area (TPSA) is 61.9 Å². The summed E-state index contributed by atoms with van der Waals surface area (Å²) < 4.78 is 5.24. The van der Waals surface area contributed by atoms with Crippen molar-refractivity contribution < 1.29 is 14.3 Å². The van der Waals surface area contributed by atoms with Crippen LogP contribution in [0.15, 0.2) is 78.9 Å². The number of halogens is 1. The van der Waals surface area contributed by atoms with Gasteiger partial charge in [-0.2, -0.15) is 0 Å². The summed E-state index contributed by atoms with van der Waals surface area (Å²) in [5.74, 6) is 0.124. The average Bonchev–Trinajstić information content (AvgIpc) is 3.12. The Bertz CT molecular complexity index is 1150. The lowest BCUT2D eigenvalue weighted by Crippen LogP contribution is -2.46. The number of methoxy groups -OCH3 is 1. The van der Waals surface area contributed by atoms with Gasteiger partial charge in [0.25, 0.3) is 5.91 Å². The van der Waals surface area contributed by atoms with Crippen LogP contribution in [-0.2, 0) is 16.1 Å². The second kappa shape index (κ2) is 10.0. The molecule has 0 spiro atoms. The number of nitrogens with one attached hydrogen (secondary N) is 1. The highest BCUT2D eigenvalue weighted by atomic mass is 35.5. The zero-order valence-corrected chi connectivity index (χ0v) is 19.5. The second-order valence-electron chi connectivity index (χ2n) is 7.54. The summed E-state index contributed by atoms with van der Waals surface area (Å²) in [6, 6.07) is 22.9. The first-order valence-corrected chi connectivity index (χ1v) is 11.1. The Labute approximate surface area is 202 Å². The molecule has 1 heterocycles. The molecule has 0 saturated carbocycles. The van der Waals surface area contributed by atoms with Crippen LogP contribution in [-0.4, -0.2) is 35.0 Å². The van der Waals surface area contributed by atoms with Crippen LogP contribution in [0.5, 0.6) is 5.75 Å². The number of para-hydroxylation sites is 1. The Kier molecular flexibility index (Phi) is 6.91. The van der Waals surface area contributed by atoms with Crippen molar-refractivity contribution in [2.75, 3.05) is 17.3 Å². The van der Waals surface area contributed by atoms with Gasteiger partial charge >= 0.3 is 0 Å². The van der Waals surface area contributed by atoms with E-state index in [9.17, 15) is 9.59 Å². The number of ether oxygens (including phenoxy) is 1. The summed E-state index contributed by atoms with van der Waals surface area (Å²) >= 11 is 11.7. The maximum atomic E-state index is 13.4. The van der Waals surface area contributed by atoms with Crippen molar-refractivity contribution in [1.29, 1.82) is 0 Å². The van der Waals surface area contributed by atoms with E-state index in [0.717, 1.165) is 17.0 Å². The van der Waals surface area contributed by atoms with Gasteiger partial charge in [-0.1, -0.05) is 41.9 Å². The molecule has 6 nitrogen and oxygen atoms in total. The summed E-state index contributed by atoms with van der Waals surface area (Å²) in [7, 11) is 1.61. The Morgan fingerprint density at radius 1 is 1.06 bits per heavy atom. The van der Waals surface area contributed by atoms with E-state index in [1.165, 1.54) is 4.90 Å². The number of thiocarbonyl (C=S) groups is 1. The number of nitrogens with zero attached hydrogens (tertiary/aromatic N) is 2. The standard InChI is InChI=1S/C25H22ClN3O3S/c1-32-21-13-7-17(8-14-21)16-28(25(33)27-19-5-3-2-4-6-19)22-15-23(30)29(24(22)31)20-11-9-18(26)10-12-20/h2-14,22H,15-16H2,1H3,(H,27,33)/t22-/m0/s1. The summed E-state index contributed by atoms with van der Waals surface area (Å²) in [5.41, 5.74) is 2.22. The molecule has 3 aromatic rings. The van der Waals surface area contributed by atoms with Gasteiger partial charge in [-0.15, -0.1) is 0 Å². The molecule has 0 bridgehead atoms. The Balaban J connectivity index is 1.62. The number of carbonyl (C=O) groups is 2. The van der Waals surface area contributed by atoms with Gasteiger partial charge in [0.2, 0.25) is 5.91 Å². The molecule has 1 N–H and O–H groups in total. The van der Waals surface area contributed by atoms with Crippen molar-refractivity contribution in [3.63, 3.8) is 0 Å². The minimum Gasteiger partial charge on any atom is -0.497 e. The SMILES string of the molecule is COc1ccc(CN(C(=S)Nc2ccccc2)[C@H]2CC(=O)N(c3ccc(Cl)cc3)C2=O)cc1. The van der Waals surface area contributed by atoms with Gasteiger partial charge in [0, 0.05) is 17.3 Å². The molecule has 1 aliphatic heterocycles. The molecule has 1 saturated heterocycles. The van der Waals surface area contributed by atoms with E-state index in [-0.39, 0.29) is 18.2 Å². The molecular formula is C25H22ClN3O3S. The minimum atomic E-state index is -0.737. The van der Waals surface area contributed by atoms with Crippen LogP contribution in [0.4, 0.5) is 11.4 Å².